The Morgan fingerprint density at radius 3 is 2.75 bits per heavy atom. The minimum Gasteiger partial charge on any atom is -0.493 e. The highest BCUT2D eigenvalue weighted by molar-refractivity contribution is 9.10. The SMILES string of the molecule is COc1cc(Br)cc(C2CCNC2)c1OC1CN(C)C1. The first-order chi connectivity index (χ1) is 9.67. The van der Waals surface area contributed by atoms with Crippen molar-refractivity contribution in [3.63, 3.8) is 0 Å². The van der Waals surface area contributed by atoms with Gasteiger partial charge in [0.15, 0.2) is 11.5 Å². The molecule has 0 aromatic heterocycles. The maximum Gasteiger partial charge on any atom is 0.165 e. The second-order valence-electron chi connectivity index (χ2n) is 5.68. The van der Waals surface area contributed by atoms with E-state index in [1.54, 1.807) is 7.11 Å². The minimum atomic E-state index is 0.281. The monoisotopic (exact) mass is 340 g/mol. The molecule has 4 nitrogen and oxygen atoms in total. The molecule has 2 heterocycles. The summed E-state index contributed by atoms with van der Waals surface area (Å²) in [5.74, 6) is 2.27. The summed E-state index contributed by atoms with van der Waals surface area (Å²) in [5.41, 5.74) is 1.26. The van der Waals surface area contributed by atoms with E-state index in [1.807, 2.05) is 6.07 Å². The highest BCUT2D eigenvalue weighted by Gasteiger charge is 2.29. The molecule has 0 radical (unpaired) electrons. The normalized spacial score (nSPS) is 23.6. The van der Waals surface area contributed by atoms with Crippen molar-refractivity contribution in [3.8, 4) is 11.5 Å². The number of nitrogens with one attached hydrogen (secondary N) is 1. The largest absolute Gasteiger partial charge is 0.493 e. The van der Waals surface area contributed by atoms with Crippen LogP contribution in [-0.2, 0) is 0 Å². The molecule has 0 spiro atoms. The molecule has 1 atom stereocenters. The predicted octanol–water partition coefficient (Wildman–Crippen LogP) is 2.23. The second kappa shape index (κ2) is 5.92. The van der Waals surface area contributed by atoms with Crippen molar-refractivity contribution in [3.05, 3.63) is 22.2 Å². The third-order valence-corrected chi connectivity index (χ3v) is 4.54. The zero-order chi connectivity index (χ0) is 14.1. The summed E-state index contributed by atoms with van der Waals surface area (Å²) in [5, 5.41) is 3.42. The molecule has 2 fully saturated rings. The van der Waals surface area contributed by atoms with E-state index >= 15 is 0 Å². The minimum absolute atomic E-state index is 0.281. The van der Waals surface area contributed by atoms with Crippen molar-refractivity contribution in [1.29, 1.82) is 0 Å². The number of methoxy groups -OCH3 is 1. The van der Waals surface area contributed by atoms with Crippen LogP contribution in [0, 0.1) is 0 Å². The van der Waals surface area contributed by atoms with Crippen LogP contribution in [0.15, 0.2) is 16.6 Å². The Hall–Kier alpha value is -0.780. The van der Waals surface area contributed by atoms with Crippen molar-refractivity contribution >= 4 is 15.9 Å². The smallest absolute Gasteiger partial charge is 0.165 e. The molecule has 110 valence electrons. The van der Waals surface area contributed by atoms with E-state index in [4.69, 9.17) is 9.47 Å². The van der Waals surface area contributed by atoms with Gasteiger partial charge in [0.2, 0.25) is 0 Å². The van der Waals surface area contributed by atoms with Gasteiger partial charge in [0, 0.05) is 35.6 Å². The lowest BCUT2D eigenvalue weighted by molar-refractivity contribution is 0.0360. The van der Waals surface area contributed by atoms with Gasteiger partial charge < -0.3 is 14.8 Å². The van der Waals surface area contributed by atoms with Crippen LogP contribution >= 0.6 is 15.9 Å². The van der Waals surface area contributed by atoms with Gasteiger partial charge in [-0.3, -0.25) is 4.90 Å². The lowest BCUT2D eigenvalue weighted by atomic mass is 9.97. The van der Waals surface area contributed by atoms with Crippen molar-refractivity contribution in [1.82, 2.24) is 10.2 Å². The van der Waals surface area contributed by atoms with Gasteiger partial charge in [-0.15, -0.1) is 0 Å². The van der Waals surface area contributed by atoms with Crippen molar-refractivity contribution in [2.75, 3.05) is 40.3 Å². The summed E-state index contributed by atoms with van der Waals surface area (Å²) in [6, 6.07) is 4.17. The molecule has 2 saturated heterocycles. The summed E-state index contributed by atoms with van der Waals surface area (Å²) >= 11 is 3.58. The van der Waals surface area contributed by atoms with Gasteiger partial charge in [-0.2, -0.15) is 0 Å². The number of nitrogens with zero attached hydrogens (tertiary/aromatic N) is 1. The van der Waals surface area contributed by atoms with Crippen molar-refractivity contribution < 1.29 is 9.47 Å². The van der Waals surface area contributed by atoms with Crippen LogP contribution in [0.2, 0.25) is 0 Å². The summed E-state index contributed by atoms with van der Waals surface area (Å²) in [7, 11) is 3.82. The van der Waals surface area contributed by atoms with Crippen LogP contribution in [0.4, 0.5) is 0 Å². The quantitative estimate of drug-likeness (QED) is 0.911. The van der Waals surface area contributed by atoms with Crippen LogP contribution in [0.5, 0.6) is 11.5 Å². The maximum absolute atomic E-state index is 6.23. The van der Waals surface area contributed by atoms with Crippen molar-refractivity contribution in [2.24, 2.45) is 0 Å². The van der Waals surface area contributed by atoms with Gasteiger partial charge >= 0.3 is 0 Å². The molecular formula is C15H21BrN2O2. The molecule has 1 aromatic rings. The lowest BCUT2D eigenvalue weighted by Gasteiger charge is -2.37. The molecule has 5 heteroatoms. The fraction of sp³-hybridized carbons (Fsp3) is 0.600. The molecule has 1 aromatic carbocycles. The first-order valence-corrected chi connectivity index (χ1v) is 7.90. The summed E-state index contributed by atoms with van der Waals surface area (Å²) in [4.78, 5) is 2.26. The Kier molecular flexibility index (Phi) is 4.19. The Balaban J connectivity index is 1.90. The number of rotatable bonds is 4. The fourth-order valence-electron chi connectivity index (χ4n) is 2.97. The molecule has 0 saturated carbocycles. The van der Waals surface area contributed by atoms with Gasteiger partial charge in [-0.25, -0.2) is 0 Å². The van der Waals surface area contributed by atoms with E-state index in [0.717, 1.165) is 48.6 Å². The number of hydrogen-bond acceptors (Lipinski definition) is 4. The Labute approximate surface area is 128 Å². The Bertz CT molecular complexity index is 483. The third-order valence-electron chi connectivity index (χ3n) is 4.08. The van der Waals surface area contributed by atoms with Gasteiger partial charge in [0.05, 0.1) is 7.11 Å². The number of hydrogen-bond donors (Lipinski definition) is 1. The molecule has 0 aliphatic carbocycles. The average molecular weight is 341 g/mol. The lowest BCUT2D eigenvalue weighted by Crippen LogP contribution is -2.51. The van der Waals surface area contributed by atoms with E-state index in [1.165, 1.54) is 5.56 Å². The van der Waals surface area contributed by atoms with Crippen molar-refractivity contribution in [2.45, 2.75) is 18.4 Å². The second-order valence-corrected chi connectivity index (χ2v) is 6.59. The molecule has 2 aliphatic heterocycles. The fourth-order valence-corrected chi connectivity index (χ4v) is 3.43. The van der Waals surface area contributed by atoms with Crippen LogP contribution in [-0.4, -0.2) is 51.3 Å². The number of ether oxygens (including phenoxy) is 2. The Morgan fingerprint density at radius 1 is 1.35 bits per heavy atom. The predicted molar refractivity (Wildman–Crippen MR) is 82.8 cm³/mol. The molecule has 0 amide bonds. The molecule has 20 heavy (non-hydrogen) atoms. The summed E-state index contributed by atoms with van der Waals surface area (Å²) in [6.07, 6.45) is 1.43. The number of halogens is 1. The average Bonchev–Trinajstić information content (AvgIpc) is 2.91. The first kappa shape index (κ1) is 14.2. The van der Waals surface area contributed by atoms with Crippen LogP contribution in [0.3, 0.4) is 0 Å². The molecule has 1 N–H and O–H groups in total. The summed E-state index contributed by atoms with van der Waals surface area (Å²) < 4.78 is 12.8. The van der Waals surface area contributed by atoms with Gasteiger partial charge in [0.25, 0.3) is 0 Å². The van der Waals surface area contributed by atoms with Gasteiger partial charge in [-0.1, -0.05) is 15.9 Å². The van der Waals surface area contributed by atoms with E-state index in [0.29, 0.717) is 5.92 Å². The summed E-state index contributed by atoms with van der Waals surface area (Å²) in [6.45, 7) is 4.06. The highest BCUT2D eigenvalue weighted by atomic mass is 79.9. The number of likely N-dealkylation sites (tertiary alicyclic amines) is 1. The number of benzene rings is 1. The topological polar surface area (TPSA) is 33.7 Å². The van der Waals surface area contributed by atoms with E-state index in [-0.39, 0.29) is 6.10 Å². The molecular weight excluding hydrogens is 320 g/mol. The Morgan fingerprint density at radius 2 is 2.15 bits per heavy atom. The van der Waals surface area contributed by atoms with E-state index < -0.39 is 0 Å². The van der Waals surface area contributed by atoms with Crippen LogP contribution < -0.4 is 14.8 Å². The zero-order valence-corrected chi connectivity index (χ0v) is 13.6. The molecule has 3 rings (SSSR count). The standard InChI is InChI=1S/C15H21BrN2O2/c1-18-8-12(9-18)20-15-13(10-3-4-17-7-10)5-11(16)6-14(15)19-2/h5-6,10,12,17H,3-4,7-9H2,1-2H3. The van der Waals surface area contributed by atoms with Crippen LogP contribution in [0.1, 0.15) is 17.9 Å². The zero-order valence-electron chi connectivity index (χ0n) is 12.0. The molecule has 0 bridgehead atoms. The number of likely N-dealkylation sites (N-methyl/N-ethyl adjacent to an activating group) is 1. The molecule has 2 aliphatic rings. The van der Waals surface area contributed by atoms with Gasteiger partial charge in [-0.05, 0) is 32.1 Å². The van der Waals surface area contributed by atoms with Crippen LogP contribution in [0.25, 0.3) is 0 Å². The molecule has 1 unspecified atom stereocenters. The van der Waals surface area contributed by atoms with E-state index in [2.05, 4.69) is 39.3 Å². The first-order valence-electron chi connectivity index (χ1n) is 7.10. The maximum atomic E-state index is 6.23. The third kappa shape index (κ3) is 2.80. The highest BCUT2D eigenvalue weighted by Crippen LogP contribution is 2.41. The van der Waals surface area contributed by atoms with Gasteiger partial charge in [0.1, 0.15) is 6.10 Å². The van der Waals surface area contributed by atoms with E-state index in [9.17, 15) is 0 Å².